The average Bonchev–Trinajstić information content (AvgIpc) is 3.16. The van der Waals surface area contributed by atoms with Crippen LogP contribution in [0.15, 0.2) is 30.6 Å². The lowest BCUT2D eigenvalue weighted by Crippen LogP contribution is -2.50. The second-order valence-electron chi connectivity index (χ2n) is 9.09. The summed E-state index contributed by atoms with van der Waals surface area (Å²) in [5, 5.41) is 11.2. The molecule has 0 spiro atoms. The monoisotopic (exact) mass is 467 g/mol. The predicted molar refractivity (Wildman–Crippen MR) is 126 cm³/mol. The molecule has 3 aromatic heterocycles. The van der Waals surface area contributed by atoms with Crippen LogP contribution in [-0.4, -0.2) is 75.4 Å². The molecular formula is C23H29N7O4. The van der Waals surface area contributed by atoms with Crippen LogP contribution in [0.5, 0.6) is 5.75 Å². The van der Waals surface area contributed by atoms with Crippen molar-refractivity contribution >= 4 is 29.3 Å². The van der Waals surface area contributed by atoms with Crippen molar-refractivity contribution < 1.29 is 19.1 Å². The first-order valence-corrected chi connectivity index (χ1v) is 11.0. The molecule has 0 unspecified atom stereocenters. The van der Waals surface area contributed by atoms with Crippen LogP contribution in [0.4, 0.5) is 16.4 Å². The average molecular weight is 468 g/mol. The Morgan fingerprint density at radius 3 is 2.41 bits per heavy atom. The summed E-state index contributed by atoms with van der Waals surface area (Å²) in [6.07, 6.45) is 3.20. The number of aryl methyl sites for hydroxylation is 1. The number of fused-ring (bicyclic) bond motifs is 1. The number of nitrogens with zero attached hydrogens (tertiary/aromatic N) is 6. The van der Waals surface area contributed by atoms with Gasteiger partial charge in [0, 0.05) is 44.6 Å². The zero-order valence-corrected chi connectivity index (χ0v) is 20.0. The number of pyridine rings is 1. The normalized spacial score (nSPS) is 14.3. The van der Waals surface area contributed by atoms with E-state index in [1.165, 1.54) is 7.11 Å². The van der Waals surface area contributed by atoms with Crippen molar-refractivity contribution in [3.63, 3.8) is 0 Å². The van der Waals surface area contributed by atoms with Gasteiger partial charge in [0.1, 0.15) is 17.0 Å². The van der Waals surface area contributed by atoms with Gasteiger partial charge in [0.15, 0.2) is 11.6 Å². The number of nitrogens with one attached hydrogen (secondary N) is 1. The van der Waals surface area contributed by atoms with E-state index in [2.05, 4.69) is 20.5 Å². The lowest BCUT2D eigenvalue weighted by Gasteiger charge is -2.35. The van der Waals surface area contributed by atoms with Crippen molar-refractivity contribution in [2.24, 2.45) is 0 Å². The Hall–Kier alpha value is -3.89. The van der Waals surface area contributed by atoms with E-state index >= 15 is 0 Å². The van der Waals surface area contributed by atoms with Crippen molar-refractivity contribution in [1.29, 1.82) is 0 Å². The number of hydrogen-bond acceptors (Lipinski definition) is 8. The predicted octanol–water partition coefficient (Wildman–Crippen LogP) is 2.75. The van der Waals surface area contributed by atoms with E-state index in [1.54, 1.807) is 33.7 Å². The lowest BCUT2D eigenvalue weighted by atomic mass is 10.2. The maximum Gasteiger partial charge on any atom is 0.410 e. The molecule has 0 atom stereocenters. The van der Waals surface area contributed by atoms with Gasteiger partial charge in [-0.25, -0.2) is 9.78 Å². The number of carbonyl (C=O) groups is 2. The van der Waals surface area contributed by atoms with E-state index in [-0.39, 0.29) is 12.0 Å². The standard InChI is InChI=1S/C23H29N7O4/c1-15-13-30-14-16(17(33-5)12-20(30)24-15)21(31)25-18-6-7-19(27-26-18)28-8-10-29(11-9-28)22(32)34-23(2,3)4/h6-7,12-14H,8-11H2,1-5H3,(H,25,26,31). The molecule has 0 saturated carbocycles. The first-order valence-electron chi connectivity index (χ1n) is 11.0. The second kappa shape index (κ2) is 9.16. The molecule has 0 radical (unpaired) electrons. The molecule has 0 aromatic carbocycles. The van der Waals surface area contributed by atoms with Crippen LogP contribution in [-0.2, 0) is 4.74 Å². The highest BCUT2D eigenvalue weighted by atomic mass is 16.6. The quantitative estimate of drug-likeness (QED) is 0.623. The topological polar surface area (TPSA) is 114 Å². The van der Waals surface area contributed by atoms with Gasteiger partial charge in [0.2, 0.25) is 0 Å². The number of rotatable bonds is 4. The first-order chi connectivity index (χ1) is 16.1. The van der Waals surface area contributed by atoms with Gasteiger partial charge in [0.05, 0.1) is 18.4 Å². The molecule has 4 rings (SSSR count). The SMILES string of the molecule is COc1cc2nc(C)cn2cc1C(=O)Nc1ccc(N2CCN(C(=O)OC(C)(C)C)CC2)nn1. The zero-order valence-electron chi connectivity index (χ0n) is 20.0. The molecule has 0 bridgehead atoms. The fourth-order valence-corrected chi connectivity index (χ4v) is 3.67. The summed E-state index contributed by atoms with van der Waals surface area (Å²) in [5.41, 5.74) is 1.37. The van der Waals surface area contributed by atoms with Crippen LogP contribution >= 0.6 is 0 Å². The Kier molecular flexibility index (Phi) is 6.27. The minimum atomic E-state index is -0.520. The summed E-state index contributed by atoms with van der Waals surface area (Å²) in [6, 6.07) is 5.21. The van der Waals surface area contributed by atoms with Crippen LogP contribution in [0.1, 0.15) is 36.8 Å². The molecule has 11 heteroatoms. The molecule has 11 nitrogen and oxygen atoms in total. The van der Waals surface area contributed by atoms with Crippen molar-refractivity contribution in [2.45, 2.75) is 33.3 Å². The van der Waals surface area contributed by atoms with Gasteiger partial charge >= 0.3 is 6.09 Å². The Morgan fingerprint density at radius 2 is 1.79 bits per heavy atom. The Balaban J connectivity index is 1.39. The highest BCUT2D eigenvalue weighted by Crippen LogP contribution is 2.23. The van der Waals surface area contributed by atoms with Crippen LogP contribution in [0, 0.1) is 6.92 Å². The maximum absolute atomic E-state index is 12.9. The molecule has 2 amide bonds. The van der Waals surface area contributed by atoms with Crippen LogP contribution in [0.25, 0.3) is 5.65 Å². The highest BCUT2D eigenvalue weighted by molar-refractivity contribution is 6.05. The van der Waals surface area contributed by atoms with Gasteiger partial charge in [-0.1, -0.05) is 0 Å². The van der Waals surface area contributed by atoms with E-state index in [0.717, 1.165) is 5.69 Å². The lowest BCUT2D eigenvalue weighted by molar-refractivity contribution is 0.0240. The van der Waals surface area contributed by atoms with Gasteiger partial charge in [-0.2, -0.15) is 0 Å². The Bertz CT molecular complexity index is 1190. The number of methoxy groups -OCH3 is 1. The zero-order chi connectivity index (χ0) is 24.5. The summed E-state index contributed by atoms with van der Waals surface area (Å²) in [5.74, 6) is 1.06. The minimum Gasteiger partial charge on any atom is -0.496 e. The number of anilines is 2. The maximum atomic E-state index is 12.9. The first kappa shape index (κ1) is 23.3. The van der Waals surface area contributed by atoms with Gasteiger partial charge in [0.25, 0.3) is 5.91 Å². The van der Waals surface area contributed by atoms with Gasteiger partial charge in [-0.05, 0) is 39.8 Å². The van der Waals surface area contributed by atoms with E-state index in [1.807, 2.05) is 38.8 Å². The van der Waals surface area contributed by atoms with Crippen LogP contribution in [0.2, 0.25) is 0 Å². The summed E-state index contributed by atoms with van der Waals surface area (Å²) >= 11 is 0. The molecule has 1 N–H and O–H groups in total. The molecule has 3 aromatic rings. The molecular weight excluding hydrogens is 438 g/mol. The largest absolute Gasteiger partial charge is 0.496 e. The number of hydrogen-bond donors (Lipinski definition) is 1. The number of piperazine rings is 1. The second-order valence-corrected chi connectivity index (χ2v) is 9.09. The van der Waals surface area contributed by atoms with Gasteiger partial charge in [-0.15, -0.1) is 10.2 Å². The number of aromatic nitrogens is 4. The van der Waals surface area contributed by atoms with Crippen LogP contribution in [0.3, 0.4) is 0 Å². The Labute approximate surface area is 197 Å². The molecule has 0 aliphatic carbocycles. The summed E-state index contributed by atoms with van der Waals surface area (Å²) in [7, 11) is 1.51. The van der Waals surface area contributed by atoms with E-state index < -0.39 is 5.60 Å². The summed E-state index contributed by atoms with van der Waals surface area (Å²) < 4.78 is 12.6. The van der Waals surface area contributed by atoms with E-state index in [4.69, 9.17) is 9.47 Å². The summed E-state index contributed by atoms with van der Waals surface area (Å²) in [6.45, 7) is 9.73. The van der Waals surface area contributed by atoms with Crippen molar-refractivity contribution in [3.8, 4) is 5.75 Å². The van der Waals surface area contributed by atoms with E-state index in [9.17, 15) is 9.59 Å². The third-order valence-corrected chi connectivity index (χ3v) is 5.29. The van der Waals surface area contributed by atoms with Gasteiger partial charge < -0.3 is 29.0 Å². The van der Waals surface area contributed by atoms with Crippen LogP contribution < -0.4 is 15.0 Å². The fraction of sp³-hybridized carbons (Fsp3) is 0.435. The fourth-order valence-electron chi connectivity index (χ4n) is 3.67. The Morgan fingerprint density at radius 1 is 1.06 bits per heavy atom. The van der Waals surface area contributed by atoms with E-state index in [0.29, 0.717) is 54.8 Å². The molecule has 1 aliphatic heterocycles. The number of imidazole rings is 1. The number of amides is 2. The number of ether oxygens (including phenoxy) is 2. The molecule has 4 heterocycles. The molecule has 1 saturated heterocycles. The number of carbonyl (C=O) groups excluding carboxylic acids is 2. The third-order valence-electron chi connectivity index (χ3n) is 5.29. The smallest absolute Gasteiger partial charge is 0.410 e. The molecule has 1 aliphatic rings. The summed E-state index contributed by atoms with van der Waals surface area (Å²) in [4.78, 5) is 33.2. The minimum absolute atomic E-state index is 0.309. The van der Waals surface area contributed by atoms with Crippen molar-refractivity contribution in [1.82, 2.24) is 24.5 Å². The van der Waals surface area contributed by atoms with Crippen molar-refractivity contribution in [2.75, 3.05) is 43.5 Å². The van der Waals surface area contributed by atoms with Crippen molar-refractivity contribution in [3.05, 3.63) is 41.9 Å². The molecule has 1 fully saturated rings. The third kappa shape index (κ3) is 5.19. The molecule has 34 heavy (non-hydrogen) atoms. The van der Waals surface area contributed by atoms with Gasteiger partial charge in [-0.3, -0.25) is 4.79 Å². The molecule has 180 valence electrons. The highest BCUT2D eigenvalue weighted by Gasteiger charge is 2.26.